The van der Waals surface area contributed by atoms with Crippen LogP contribution in [0, 0.1) is 6.92 Å². The number of nitrogens with zero attached hydrogens (tertiary/aromatic N) is 3. The molecule has 0 amide bonds. The van der Waals surface area contributed by atoms with Gasteiger partial charge < -0.3 is 15.0 Å². The van der Waals surface area contributed by atoms with Crippen molar-refractivity contribution in [2.24, 2.45) is 0 Å². The van der Waals surface area contributed by atoms with Crippen LogP contribution < -0.4 is 5.32 Å². The molecule has 2 N–H and O–H groups in total. The molecule has 0 aliphatic carbocycles. The molecule has 6 heteroatoms. The first-order valence-corrected chi connectivity index (χ1v) is 6.68. The zero-order valence-corrected chi connectivity index (χ0v) is 11.1. The van der Waals surface area contributed by atoms with Crippen molar-refractivity contribution in [1.29, 1.82) is 0 Å². The second kappa shape index (κ2) is 5.44. The standard InChI is InChI=1S/C13H19N5O/c1-10-13(16-9-15-10)6-14-11-5-17-18(7-11)8-12-3-2-4-19-12/h5,7,9,12,14H,2-4,6,8H2,1H3,(H,15,16). The van der Waals surface area contributed by atoms with Crippen molar-refractivity contribution in [2.75, 3.05) is 11.9 Å². The Morgan fingerprint density at radius 2 is 2.53 bits per heavy atom. The highest BCUT2D eigenvalue weighted by Gasteiger charge is 2.16. The molecule has 1 unspecified atom stereocenters. The van der Waals surface area contributed by atoms with E-state index in [0.717, 1.165) is 43.1 Å². The van der Waals surface area contributed by atoms with Crippen molar-refractivity contribution in [3.05, 3.63) is 30.1 Å². The maximum Gasteiger partial charge on any atom is 0.0925 e. The summed E-state index contributed by atoms with van der Waals surface area (Å²) in [5.74, 6) is 0. The lowest BCUT2D eigenvalue weighted by Crippen LogP contribution is -2.15. The Morgan fingerprint density at radius 1 is 1.58 bits per heavy atom. The number of anilines is 1. The number of rotatable bonds is 5. The largest absolute Gasteiger partial charge is 0.377 e. The van der Waals surface area contributed by atoms with Crippen LogP contribution in [0.4, 0.5) is 5.69 Å². The average Bonchev–Trinajstić information content (AvgIpc) is 3.10. The van der Waals surface area contributed by atoms with Crippen LogP contribution in [0.3, 0.4) is 0 Å². The van der Waals surface area contributed by atoms with Crippen LogP contribution in [0.25, 0.3) is 0 Å². The van der Waals surface area contributed by atoms with Gasteiger partial charge in [0.15, 0.2) is 0 Å². The summed E-state index contributed by atoms with van der Waals surface area (Å²) in [4.78, 5) is 7.33. The minimum atomic E-state index is 0.321. The predicted molar refractivity (Wildman–Crippen MR) is 71.9 cm³/mol. The lowest BCUT2D eigenvalue weighted by Gasteiger charge is -2.08. The van der Waals surface area contributed by atoms with Gasteiger partial charge in [-0.15, -0.1) is 0 Å². The van der Waals surface area contributed by atoms with E-state index >= 15 is 0 Å². The number of aromatic nitrogens is 4. The molecule has 0 aromatic carbocycles. The van der Waals surface area contributed by atoms with Gasteiger partial charge in [-0.25, -0.2) is 4.98 Å². The quantitative estimate of drug-likeness (QED) is 0.859. The Labute approximate surface area is 112 Å². The van der Waals surface area contributed by atoms with Gasteiger partial charge in [-0.2, -0.15) is 5.10 Å². The first-order chi connectivity index (χ1) is 9.31. The molecule has 0 spiro atoms. The number of imidazole rings is 1. The van der Waals surface area contributed by atoms with Crippen LogP contribution in [-0.2, 0) is 17.8 Å². The molecule has 0 radical (unpaired) electrons. The van der Waals surface area contributed by atoms with E-state index in [1.807, 2.05) is 24.0 Å². The zero-order valence-electron chi connectivity index (χ0n) is 11.1. The number of H-pyrrole nitrogens is 1. The summed E-state index contributed by atoms with van der Waals surface area (Å²) in [7, 11) is 0. The fraction of sp³-hybridized carbons (Fsp3) is 0.538. The van der Waals surface area contributed by atoms with E-state index in [9.17, 15) is 0 Å². The molecule has 1 atom stereocenters. The number of aryl methyl sites for hydroxylation is 1. The van der Waals surface area contributed by atoms with Crippen LogP contribution in [0.2, 0.25) is 0 Å². The summed E-state index contributed by atoms with van der Waals surface area (Å²) in [6.07, 6.45) is 8.19. The molecule has 1 fully saturated rings. The topological polar surface area (TPSA) is 67.8 Å². The van der Waals surface area contributed by atoms with Gasteiger partial charge in [0, 0.05) is 18.5 Å². The van der Waals surface area contributed by atoms with Crippen LogP contribution >= 0.6 is 0 Å². The highest BCUT2D eigenvalue weighted by atomic mass is 16.5. The van der Waals surface area contributed by atoms with E-state index in [-0.39, 0.29) is 0 Å². The number of hydrogen-bond acceptors (Lipinski definition) is 4. The van der Waals surface area contributed by atoms with Crippen LogP contribution in [-0.4, -0.2) is 32.5 Å². The highest BCUT2D eigenvalue weighted by Crippen LogP contribution is 2.15. The molecular formula is C13H19N5O. The molecule has 3 rings (SSSR count). The molecule has 0 saturated carbocycles. The van der Waals surface area contributed by atoms with Crippen molar-refractivity contribution in [1.82, 2.24) is 19.7 Å². The van der Waals surface area contributed by atoms with Gasteiger partial charge in [0.05, 0.1) is 43.1 Å². The van der Waals surface area contributed by atoms with E-state index < -0.39 is 0 Å². The van der Waals surface area contributed by atoms with Crippen molar-refractivity contribution in [3.63, 3.8) is 0 Å². The summed E-state index contributed by atoms with van der Waals surface area (Å²) in [6.45, 7) is 4.45. The van der Waals surface area contributed by atoms with Gasteiger partial charge in [0.2, 0.25) is 0 Å². The minimum absolute atomic E-state index is 0.321. The molecule has 1 saturated heterocycles. The van der Waals surface area contributed by atoms with Gasteiger partial charge in [-0.05, 0) is 19.8 Å². The van der Waals surface area contributed by atoms with Gasteiger partial charge in [-0.3, -0.25) is 4.68 Å². The van der Waals surface area contributed by atoms with Crippen LogP contribution in [0.15, 0.2) is 18.7 Å². The van der Waals surface area contributed by atoms with Gasteiger partial charge >= 0.3 is 0 Å². The van der Waals surface area contributed by atoms with Crippen LogP contribution in [0.5, 0.6) is 0 Å². The molecule has 0 bridgehead atoms. The molecule has 2 aromatic rings. The van der Waals surface area contributed by atoms with Crippen molar-refractivity contribution < 1.29 is 4.74 Å². The third-order valence-electron chi connectivity index (χ3n) is 3.44. The summed E-state index contributed by atoms with van der Waals surface area (Å²) in [5, 5.41) is 7.67. The number of aromatic amines is 1. The smallest absolute Gasteiger partial charge is 0.0925 e. The van der Waals surface area contributed by atoms with Crippen molar-refractivity contribution in [3.8, 4) is 0 Å². The van der Waals surface area contributed by atoms with E-state index in [0.29, 0.717) is 12.6 Å². The Kier molecular flexibility index (Phi) is 3.50. The Morgan fingerprint density at radius 3 is 3.26 bits per heavy atom. The molecule has 2 aromatic heterocycles. The fourth-order valence-corrected chi connectivity index (χ4v) is 2.30. The SMILES string of the molecule is Cc1[nH]cnc1CNc1cnn(CC2CCCO2)c1. The summed E-state index contributed by atoms with van der Waals surface area (Å²) in [5.41, 5.74) is 3.14. The molecule has 3 heterocycles. The molecule has 19 heavy (non-hydrogen) atoms. The molecule has 1 aliphatic rings. The van der Waals surface area contributed by atoms with Crippen LogP contribution in [0.1, 0.15) is 24.2 Å². The molecular weight excluding hydrogens is 242 g/mol. The van der Waals surface area contributed by atoms with E-state index in [1.165, 1.54) is 0 Å². The predicted octanol–water partition coefficient (Wildman–Crippen LogP) is 1.71. The lowest BCUT2D eigenvalue weighted by molar-refractivity contribution is 0.0940. The first kappa shape index (κ1) is 12.2. The highest BCUT2D eigenvalue weighted by molar-refractivity contribution is 5.38. The first-order valence-electron chi connectivity index (χ1n) is 6.68. The Hall–Kier alpha value is -1.82. The number of ether oxygens (including phenoxy) is 1. The van der Waals surface area contributed by atoms with Crippen molar-refractivity contribution in [2.45, 2.75) is 39.0 Å². The van der Waals surface area contributed by atoms with E-state index in [2.05, 4.69) is 20.4 Å². The molecule has 6 nitrogen and oxygen atoms in total. The number of nitrogens with one attached hydrogen (secondary N) is 2. The zero-order chi connectivity index (χ0) is 13.1. The van der Waals surface area contributed by atoms with Gasteiger partial charge in [-0.1, -0.05) is 0 Å². The third kappa shape index (κ3) is 2.96. The number of hydrogen-bond donors (Lipinski definition) is 2. The maximum absolute atomic E-state index is 5.61. The maximum atomic E-state index is 5.61. The van der Waals surface area contributed by atoms with Gasteiger partial charge in [0.25, 0.3) is 0 Å². The Bertz CT molecular complexity index is 527. The van der Waals surface area contributed by atoms with Gasteiger partial charge in [0.1, 0.15) is 0 Å². The van der Waals surface area contributed by atoms with E-state index in [4.69, 9.17) is 4.74 Å². The van der Waals surface area contributed by atoms with E-state index in [1.54, 1.807) is 6.33 Å². The minimum Gasteiger partial charge on any atom is -0.377 e. The Balaban J connectivity index is 1.54. The summed E-state index contributed by atoms with van der Waals surface area (Å²) in [6, 6.07) is 0. The summed E-state index contributed by atoms with van der Waals surface area (Å²) < 4.78 is 7.55. The fourth-order valence-electron chi connectivity index (χ4n) is 2.30. The molecule has 1 aliphatic heterocycles. The lowest BCUT2D eigenvalue weighted by atomic mass is 10.2. The molecule has 102 valence electrons. The van der Waals surface area contributed by atoms with Crippen molar-refractivity contribution >= 4 is 5.69 Å². The third-order valence-corrected chi connectivity index (χ3v) is 3.44. The average molecular weight is 261 g/mol. The monoisotopic (exact) mass is 261 g/mol. The normalized spacial score (nSPS) is 18.9. The summed E-state index contributed by atoms with van der Waals surface area (Å²) >= 11 is 0. The second-order valence-electron chi connectivity index (χ2n) is 4.91. The second-order valence-corrected chi connectivity index (χ2v) is 4.91.